The quantitative estimate of drug-likeness (QED) is 0.520. The molecular weight excluding hydrogens is 110 g/mol. The molecule has 0 spiro atoms. The fraction of sp³-hybridized carbons (Fsp3) is 1.00. The number of fused-ring (bicyclic) bond motifs is 2. The third-order valence-corrected chi connectivity index (χ3v) is 3.41. The Morgan fingerprint density at radius 3 is 2.22 bits per heavy atom. The normalized spacial score (nSPS) is 56.7. The summed E-state index contributed by atoms with van der Waals surface area (Å²) in [5.74, 6) is 2.71. The monoisotopic (exact) mass is 125 g/mol. The number of nitrogens with two attached hydrogens (primary N) is 1. The lowest BCUT2D eigenvalue weighted by atomic mass is 9.87. The zero-order valence-corrected chi connectivity index (χ0v) is 6.01. The van der Waals surface area contributed by atoms with Gasteiger partial charge in [0.25, 0.3) is 0 Å². The van der Waals surface area contributed by atoms with E-state index in [4.69, 9.17) is 5.73 Å². The molecule has 2 bridgehead atoms. The molecule has 0 aromatic heterocycles. The molecule has 4 atom stereocenters. The Balaban J connectivity index is 2.15. The molecule has 2 rings (SSSR count). The summed E-state index contributed by atoms with van der Waals surface area (Å²) >= 11 is 0. The van der Waals surface area contributed by atoms with Crippen LogP contribution in [0.15, 0.2) is 0 Å². The van der Waals surface area contributed by atoms with Crippen molar-refractivity contribution >= 4 is 0 Å². The average Bonchev–Trinajstić information content (AvgIpc) is 2.37. The van der Waals surface area contributed by atoms with E-state index < -0.39 is 0 Å². The molecule has 0 saturated heterocycles. The molecule has 0 aromatic rings. The van der Waals surface area contributed by atoms with Gasteiger partial charge in [-0.25, -0.2) is 0 Å². The van der Waals surface area contributed by atoms with Gasteiger partial charge < -0.3 is 5.73 Å². The highest BCUT2D eigenvalue weighted by atomic mass is 14.7. The number of rotatable bonds is 0. The van der Waals surface area contributed by atoms with Crippen molar-refractivity contribution in [3.63, 3.8) is 0 Å². The van der Waals surface area contributed by atoms with Crippen molar-refractivity contribution in [1.82, 2.24) is 0 Å². The first-order valence-corrected chi connectivity index (χ1v) is 4.04. The van der Waals surface area contributed by atoms with Crippen LogP contribution in [0.3, 0.4) is 0 Å². The lowest BCUT2D eigenvalue weighted by Gasteiger charge is -2.23. The van der Waals surface area contributed by atoms with Crippen LogP contribution in [0.25, 0.3) is 0 Å². The molecule has 2 N–H and O–H groups in total. The zero-order chi connectivity index (χ0) is 6.43. The van der Waals surface area contributed by atoms with Crippen LogP contribution < -0.4 is 5.73 Å². The van der Waals surface area contributed by atoms with Gasteiger partial charge in [-0.2, -0.15) is 0 Å². The lowest BCUT2D eigenvalue weighted by Crippen LogP contribution is -2.33. The van der Waals surface area contributed by atoms with Gasteiger partial charge in [-0.1, -0.05) is 6.92 Å². The van der Waals surface area contributed by atoms with Crippen molar-refractivity contribution < 1.29 is 0 Å². The van der Waals surface area contributed by atoms with E-state index in [1.165, 1.54) is 19.3 Å². The van der Waals surface area contributed by atoms with Crippen LogP contribution in [0.5, 0.6) is 0 Å². The van der Waals surface area contributed by atoms with Gasteiger partial charge in [0.2, 0.25) is 0 Å². The van der Waals surface area contributed by atoms with Crippen LogP contribution >= 0.6 is 0 Å². The van der Waals surface area contributed by atoms with E-state index in [9.17, 15) is 0 Å². The largest absolute Gasteiger partial charge is 0.327 e. The Morgan fingerprint density at radius 2 is 1.89 bits per heavy atom. The first-order chi connectivity index (χ1) is 4.29. The third kappa shape index (κ3) is 0.644. The minimum Gasteiger partial charge on any atom is -0.327 e. The van der Waals surface area contributed by atoms with Gasteiger partial charge in [0, 0.05) is 6.04 Å². The minimum absolute atomic E-state index is 0.545. The van der Waals surface area contributed by atoms with Crippen LogP contribution in [0.2, 0.25) is 0 Å². The fourth-order valence-electron chi connectivity index (χ4n) is 2.62. The molecule has 0 heterocycles. The SMILES string of the molecule is C[C@H]1[C@@H]2CC[C@@H](C2)[C@@H]1N. The molecule has 9 heavy (non-hydrogen) atoms. The molecule has 0 unspecified atom stereocenters. The lowest BCUT2D eigenvalue weighted by molar-refractivity contribution is 0.312. The van der Waals surface area contributed by atoms with Crippen LogP contribution in [0.1, 0.15) is 26.2 Å². The summed E-state index contributed by atoms with van der Waals surface area (Å²) in [5, 5.41) is 0. The molecule has 0 radical (unpaired) electrons. The number of hydrogen-bond donors (Lipinski definition) is 1. The maximum atomic E-state index is 5.96. The van der Waals surface area contributed by atoms with E-state index in [2.05, 4.69) is 6.92 Å². The predicted molar refractivity (Wildman–Crippen MR) is 38.0 cm³/mol. The van der Waals surface area contributed by atoms with Crippen molar-refractivity contribution in [2.45, 2.75) is 32.2 Å². The molecule has 2 aliphatic rings. The highest BCUT2D eigenvalue weighted by Crippen LogP contribution is 2.47. The van der Waals surface area contributed by atoms with Crippen molar-refractivity contribution in [3.8, 4) is 0 Å². The van der Waals surface area contributed by atoms with Crippen LogP contribution in [0.4, 0.5) is 0 Å². The summed E-state index contributed by atoms with van der Waals surface area (Å²) in [4.78, 5) is 0. The second-order valence-corrected chi connectivity index (χ2v) is 3.77. The van der Waals surface area contributed by atoms with Gasteiger partial charge in [0.15, 0.2) is 0 Å². The molecule has 1 heteroatoms. The van der Waals surface area contributed by atoms with Crippen LogP contribution in [-0.2, 0) is 0 Å². The van der Waals surface area contributed by atoms with E-state index >= 15 is 0 Å². The van der Waals surface area contributed by atoms with Gasteiger partial charge in [-0.15, -0.1) is 0 Å². The molecule has 2 aliphatic carbocycles. The van der Waals surface area contributed by atoms with E-state index in [-0.39, 0.29) is 0 Å². The fourth-order valence-corrected chi connectivity index (χ4v) is 2.62. The zero-order valence-electron chi connectivity index (χ0n) is 6.01. The predicted octanol–water partition coefficient (Wildman–Crippen LogP) is 1.38. The second kappa shape index (κ2) is 1.72. The summed E-state index contributed by atoms with van der Waals surface area (Å²) in [7, 11) is 0. The summed E-state index contributed by atoms with van der Waals surface area (Å²) < 4.78 is 0. The Kier molecular flexibility index (Phi) is 1.10. The maximum absolute atomic E-state index is 5.96. The van der Waals surface area contributed by atoms with Crippen LogP contribution in [0, 0.1) is 17.8 Å². The van der Waals surface area contributed by atoms with E-state index in [1.807, 2.05) is 0 Å². The smallest absolute Gasteiger partial charge is 0.00957 e. The summed E-state index contributed by atoms with van der Waals surface area (Å²) in [6, 6.07) is 0.545. The molecule has 2 fully saturated rings. The molecular formula is C8H15N. The summed E-state index contributed by atoms with van der Waals surface area (Å²) in [6.07, 6.45) is 4.30. The van der Waals surface area contributed by atoms with Crippen molar-refractivity contribution in [2.75, 3.05) is 0 Å². The van der Waals surface area contributed by atoms with E-state index in [0.717, 1.165) is 17.8 Å². The van der Waals surface area contributed by atoms with Gasteiger partial charge in [-0.3, -0.25) is 0 Å². The highest BCUT2D eigenvalue weighted by molar-refractivity contribution is 4.96. The Hall–Kier alpha value is -0.0400. The minimum atomic E-state index is 0.545. The van der Waals surface area contributed by atoms with Gasteiger partial charge >= 0.3 is 0 Å². The Morgan fingerprint density at radius 1 is 1.22 bits per heavy atom. The molecule has 0 aromatic carbocycles. The summed E-state index contributed by atoms with van der Waals surface area (Å²) in [5.41, 5.74) is 5.96. The summed E-state index contributed by atoms with van der Waals surface area (Å²) in [6.45, 7) is 2.31. The molecule has 0 amide bonds. The Bertz CT molecular complexity index is 104. The first kappa shape index (κ1) is 5.72. The van der Waals surface area contributed by atoms with Crippen molar-refractivity contribution in [3.05, 3.63) is 0 Å². The third-order valence-electron chi connectivity index (χ3n) is 3.41. The van der Waals surface area contributed by atoms with Gasteiger partial charge in [0.1, 0.15) is 0 Å². The van der Waals surface area contributed by atoms with Gasteiger partial charge in [0.05, 0.1) is 0 Å². The topological polar surface area (TPSA) is 26.0 Å². The van der Waals surface area contributed by atoms with Crippen molar-refractivity contribution in [2.24, 2.45) is 23.5 Å². The molecule has 2 saturated carbocycles. The molecule has 52 valence electrons. The first-order valence-electron chi connectivity index (χ1n) is 4.04. The maximum Gasteiger partial charge on any atom is 0.00957 e. The van der Waals surface area contributed by atoms with E-state index in [0.29, 0.717) is 6.04 Å². The second-order valence-electron chi connectivity index (χ2n) is 3.77. The number of hydrogen-bond acceptors (Lipinski definition) is 1. The standard InChI is InChI=1S/C8H15N/c1-5-6-2-3-7(4-6)8(5)9/h5-8H,2-4,9H2,1H3/t5-,6+,7-,8+/m0/s1. The van der Waals surface area contributed by atoms with Crippen LogP contribution in [-0.4, -0.2) is 6.04 Å². The van der Waals surface area contributed by atoms with E-state index in [1.54, 1.807) is 0 Å². The van der Waals surface area contributed by atoms with Crippen molar-refractivity contribution in [1.29, 1.82) is 0 Å². The molecule has 1 nitrogen and oxygen atoms in total. The average molecular weight is 125 g/mol. The van der Waals surface area contributed by atoms with Gasteiger partial charge in [-0.05, 0) is 37.0 Å². The Labute approximate surface area is 56.6 Å². The highest BCUT2D eigenvalue weighted by Gasteiger charge is 2.42. The molecule has 0 aliphatic heterocycles.